The maximum absolute atomic E-state index is 12.6. The first-order chi connectivity index (χ1) is 5.70. The summed E-state index contributed by atoms with van der Waals surface area (Å²) in [5.74, 6) is -1.26. The van der Waals surface area contributed by atoms with E-state index in [0.29, 0.717) is 0 Å². The summed E-state index contributed by atoms with van der Waals surface area (Å²) in [6.45, 7) is 5.68. The van der Waals surface area contributed by atoms with Crippen LogP contribution in [-0.2, 0) is 0 Å². The molecule has 0 aromatic carbocycles. The third-order valence-electron chi connectivity index (χ3n) is 1.37. The first-order valence-corrected chi connectivity index (χ1v) is 4.11. The second-order valence-corrected chi connectivity index (χ2v) is 2.25. The number of halogens is 2. The Morgan fingerprint density at radius 2 is 1.83 bits per heavy atom. The maximum atomic E-state index is 12.6. The summed E-state index contributed by atoms with van der Waals surface area (Å²) in [6.07, 6.45) is 5.27. The minimum absolute atomic E-state index is 0.301. The van der Waals surface area contributed by atoms with Crippen molar-refractivity contribution < 1.29 is 8.78 Å². The fraction of sp³-hybridized carbons (Fsp3) is 0.400. The molecule has 1 atom stereocenters. The molecule has 0 aromatic rings. The highest BCUT2D eigenvalue weighted by atomic mass is 19.1. The Morgan fingerprint density at radius 3 is 2.42 bits per heavy atom. The summed E-state index contributed by atoms with van der Waals surface area (Å²) in [4.78, 5) is 0. The smallest absolute Gasteiger partial charge is 0.125 e. The zero-order chi connectivity index (χ0) is 9.56. The number of hydrogen-bond donors (Lipinski definition) is 0. The minimum atomic E-state index is -0.530. The monoisotopic (exact) mass is 172 g/mol. The summed E-state index contributed by atoms with van der Waals surface area (Å²) in [5, 5.41) is 0. The van der Waals surface area contributed by atoms with Gasteiger partial charge in [0.2, 0.25) is 0 Å². The van der Waals surface area contributed by atoms with Crippen LogP contribution in [0.2, 0.25) is 0 Å². The van der Waals surface area contributed by atoms with Crippen LogP contribution >= 0.6 is 0 Å². The van der Waals surface area contributed by atoms with Gasteiger partial charge in [-0.05, 0) is 6.08 Å². The zero-order valence-corrected chi connectivity index (χ0v) is 7.64. The molecular weight excluding hydrogens is 158 g/mol. The van der Waals surface area contributed by atoms with Gasteiger partial charge in [-0.2, -0.15) is 0 Å². The van der Waals surface area contributed by atoms with E-state index in [2.05, 4.69) is 0 Å². The van der Waals surface area contributed by atoms with Crippen molar-refractivity contribution in [1.29, 1.82) is 0 Å². The molecule has 0 fully saturated rings. The molecule has 0 bridgehead atoms. The maximum Gasteiger partial charge on any atom is 0.125 e. The predicted octanol–water partition coefficient (Wildman–Crippen LogP) is 3.93. The Labute approximate surface area is 72.3 Å². The highest BCUT2D eigenvalue weighted by molar-refractivity contribution is 5.26. The van der Waals surface area contributed by atoms with Gasteiger partial charge in [0.1, 0.15) is 11.7 Å². The van der Waals surface area contributed by atoms with Gasteiger partial charge in [-0.25, -0.2) is 8.78 Å². The molecule has 68 valence electrons. The molecule has 0 heterocycles. The summed E-state index contributed by atoms with van der Waals surface area (Å²) in [5.41, 5.74) is 0. The van der Waals surface area contributed by atoms with Gasteiger partial charge in [0, 0.05) is 12.0 Å². The molecule has 0 N–H and O–H groups in total. The Balaban J connectivity index is 0.000000561. The fourth-order valence-electron chi connectivity index (χ4n) is 0.717. The van der Waals surface area contributed by atoms with Crippen LogP contribution < -0.4 is 0 Å². The highest BCUT2D eigenvalue weighted by Crippen LogP contribution is 2.19. The van der Waals surface area contributed by atoms with E-state index in [1.807, 2.05) is 13.8 Å². The van der Waals surface area contributed by atoms with Gasteiger partial charge in [-0.1, -0.05) is 32.9 Å². The molecule has 0 aliphatic heterocycles. The van der Waals surface area contributed by atoms with Gasteiger partial charge in [0.15, 0.2) is 0 Å². The Morgan fingerprint density at radius 1 is 1.25 bits per heavy atom. The first-order valence-electron chi connectivity index (χ1n) is 4.11. The lowest BCUT2D eigenvalue weighted by molar-refractivity contribution is 0.541. The molecule has 12 heavy (non-hydrogen) atoms. The SMILES string of the molecule is CC.CC1C=CC=C(F)C=C1F. The Bertz CT molecular complexity index is 212. The number of allylic oxidation sites excluding steroid dienone is 6. The summed E-state index contributed by atoms with van der Waals surface area (Å²) in [7, 11) is 0. The van der Waals surface area contributed by atoms with Crippen LogP contribution in [0.15, 0.2) is 36.0 Å². The summed E-state index contributed by atoms with van der Waals surface area (Å²) in [6, 6.07) is 0. The van der Waals surface area contributed by atoms with Crippen LogP contribution in [-0.4, -0.2) is 0 Å². The normalized spacial score (nSPS) is 21.6. The molecule has 1 aliphatic carbocycles. The van der Waals surface area contributed by atoms with E-state index in [1.54, 1.807) is 13.0 Å². The first kappa shape index (κ1) is 11.1. The van der Waals surface area contributed by atoms with E-state index in [1.165, 1.54) is 12.2 Å². The van der Waals surface area contributed by atoms with Crippen molar-refractivity contribution in [2.24, 2.45) is 5.92 Å². The average molecular weight is 172 g/mol. The van der Waals surface area contributed by atoms with Gasteiger partial charge in [-0.15, -0.1) is 0 Å². The van der Waals surface area contributed by atoms with Crippen molar-refractivity contribution in [3.05, 3.63) is 36.0 Å². The van der Waals surface area contributed by atoms with E-state index in [4.69, 9.17) is 0 Å². The lowest BCUT2D eigenvalue weighted by Crippen LogP contribution is -1.87. The molecule has 1 rings (SSSR count). The van der Waals surface area contributed by atoms with Crippen LogP contribution in [0.4, 0.5) is 8.78 Å². The molecule has 0 nitrogen and oxygen atoms in total. The van der Waals surface area contributed by atoms with Gasteiger partial charge in [0.25, 0.3) is 0 Å². The zero-order valence-electron chi connectivity index (χ0n) is 7.64. The summed E-state index contributed by atoms with van der Waals surface area (Å²) < 4.78 is 25.0. The minimum Gasteiger partial charge on any atom is -0.211 e. The van der Waals surface area contributed by atoms with Gasteiger partial charge < -0.3 is 0 Å². The third-order valence-corrected chi connectivity index (χ3v) is 1.37. The molecule has 0 saturated carbocycles. The largest absolute Gasteiger partial charge is 0.211 e. The van der Waals surface area contributed by atoms with Crippen molar-refractivity contribution in [3.63, 3.8) is 0 Å². The molecule has 0 amide bonds. The Kier molecular flexibility index (Phi) is 5.26. The molecular formula is C10H14F2. The van der Waals surface area contributed by atoms with E-state index in [-0.39, 0.29) is 5.92 Å². The van der Waals surface area contributed by atoms with Crippen molar-refractivity contribution in [2.75, 3.05) is 0 Å². The van der Waals surface area contributed by atoms with Crippen molar-refractivity contribution in [3.8, 4) is 0 Å². The van der Waals surface area contributed by atoms with Crippen LogP contribution in [0.3, 0.4) is 0 Å². The standard InChI is InChI=1S/C8H8F2.C2H6/c1-6-3-2-4-7(9)5-8(6)10;1-2/h2-6H,1H3;1-2H3. The molecule has 0 spiro atoms. The van der Waals surface area contributed by atoms with Gasteiger partial charge in [0.05, 0.1) is 0 Å². The summed E-state index contributed by atoms with van der Waals surface area (Å²) >= 11 is 0. The lowest BCUT2D eigenvalue weighted by Gasteiger charge is -1.98. The molecule has 1 aliphatic rings. The van der Waals surface area contributed by atoms with Crippen LogP contribution in [0.5, 0.6) is 0 Å². The Hall–Kier alpha value is -0.920. The van der Waals surface area contributed by atoms with Crippen LogP contribution in [0.25, 0.3) is 0 Å². The van der Waals surface area contributed by atoms with E-state index in [0.717, 1.165) is 6.08 Å². The van der Waals surface area contributed by atoms with Gasteiger partial charge in [-0.3, -0.25) is 0 Å². The van der Waals surface area contributed by atoms with E-state index >= 15 is 0 Å². The topological polar surface area (TPSA) is 0 Å². The number of hydrogen-bond acceptors (Lipinski definition) is 0. The second-order valence-electron chi connectivity index (χ2n) is 2.25. The van der Waals surface area contributed by atoms with Crippen molar-refractivity contribution >= 4 is 0 Å². The molecule has 0 saturated heterocycles. The third kappa shape index (κ3) is 3.46. The molecule has 1 unspecified atom stereocenters. The second kappa shape index (κ2) is 5.70. The van der Waals surface area contributed by atoms with Crippen LogP contribution in [0, 0.1) is 5.92 Å². The van der Waals surface area contributed by atoms with Crippen LogP contribution in [0.1, 0.15) is 20.8 Å². The lowest BCUT2D eigenvalue weighted by atomic mass is 10.1. The number of rotatable bonds is 0. The van der Waals surface area contributed by atoms with Gasteiger partial charge >= 0.3 is 0 Å². The molecule has 0 aromatic heterocycles. The molecule has 2 heteroatoms. The van der Waals surface area contributed by atoms with Crippen molar-refractivity contribution in [1.82, 2.24) is 0 Å². The predicted molar refractivity (Wildman–Crippen MR) is 48.0 cm³/mol. The van der Waals surface area contributed by atoms with E-state index in [9.17, 15) is 8.78 Å². The highest BCUT2D eigenvalue weighted by Gasteiger charge is 2.06. The molecule has 0 radical (unpaired) electrons. The van der Waals surface area contributed by atoms with Crippen molar-refractivity contribution in [2.45, 2.75) is 20.8 Å². The fourth-order valence-corrected chi connectivity index (χ4v) is 0.717. The van der Waals surface area contributed by atoms with E-state index < -0.39 is 11.7 Å². The average Bonchev–Trinajstić information content (AvgIpc) is 2.19. The quantitative estimate of drug-likeness (QED) is 0.519.